The number of fused-ring (bicyclic) bond motifs is 1. The van der Waals surface area contributed by atoms with Crippen molar-refractivity contribution < 1.29 is 9.21 Å². The van der Waals surface area contributed by atoms with Crippen LogP contribution in [0, 0.1) is 6.92 Å². The molecule has 19 heavy (non-hydrogen) atoms. The molecule has 98 valence electrons. The van der Waals surface area contributed by atoms with E-state index in [-0.39, 0.29) is 11.4 Å². The van der Waals surface area contributed by atoms with E-state index in [2.05, 4.69) is 4.98 Å². The molecule has 0 aromatic carbocycles. The number of thiazole rings is 1. The summed E-state index contributed by atoms with van der Waals surface area (Å²) in [6.45, 7) is 1.91. The smallest absolute Gasteiger partial charge is 0.339 e. The molecule has 0 saturated heterocycles. The molecule has 5 heteroatoms. The predicted octanol–water partition coefficient (Wildman–Crippen LogP) is 2.51. The van der Waals surface area contributed by atoms with Crippen LogP contribution in [0.2, 0.25) is 0 Å². The summed E-state index contributed by atoms with van der Waals surface area (Å²) in [5, 5.41) is 0. The third kappa shape index (κ3) is 2.26. The molecule has 0 atom stereocenters. The molecule has 0 N–H and O–H groups in total. The summed E-state index contributed by atoms with van der Waals surface area (Å²) in [6, 6.07) is 1.71. The number of nitrogens with zero attached hydrogens (tertiary/aromatic N) is 1. The van der Waals surface area contributed by atoms with E-state index < -0.39 is 0 Å². The molecule has 2 heterocycles. The molecule has 0 bridgehead atoms. The van der Waals surface area contributed by atoms with Gasteiger partial charge in [0.2, 0.25) is 0 Å². The number of hydrogen-bond donors (Lipinski definition) is 0. The van der Waals surface area contributed by atoms with Crippen molar-refractivity contribution in [2.45, 2.75) is 32.6 Å². The molecule has 4 nitrogen and oxygen atoms in total. The van der Waals surface area contributed by atoms with Gasteiger partial charge >= 0.3 is 5.63 Å². The van der Waals surface area contributed by atoms with Crippen LogP contribution in [-0.4, -0.2) is 10.8 Å². The number of ketones is 1. The highest BCUT2D eigenvalue weighted by Gasteiger charge is 2.21. The van der Waals surface area contributed by atoms with Crippen LogP contribution in [0.3, 0.4) is 0 Å². The summed E-state index contributed by atoms with van der Waals surface area (Å²) < 4.78 is 5.30. The number of carbonyl (C=O) groups excluding carboxylic acids is 1. The Kier molecular flexibility index (Phi) is 3.06. The maximum absolute atomic E-state index is 11.9. The molecule has 3 rings (SSSR count). The normalized spacial score (nSPS) is 14.5. The van der Waals surface area contributed by atoms with Crippen LogP contribution in [0.5, 0.6) is 0 Å². The van der Waals surface area contributed by atoms with Gasteiger partial charge in [0.15, 0.2) is 5.78 Å². The third-order valence-electron chi connectivity index (χ3n) is 3.40. The van der Waals surface area contributed by atoms with Crippen molar-refractivity contribution in [1.82, 2.24) is 4.98 Å². The first-order valence-electron chi connectivity index (χ1n) is 6.23. The topological polar surface area (TPSA) is 60.2 Å². The van der Waals surface area contributed by atoms with E-state index >= 15 is 0 Å². The molecule has 0 radical (unpaired) electrons. The quantitative estimate of drug-likeness (QED) is 0.845. The maximum atomic E-state index is 11.9. The Hall–Kier alpha value is -1.75. The molecule has 0 unspecified atom stereocenters. The van der Waals surface area contributed by atoms with Crippen molar-refractivity contribution in [3.63, 3.8) is 0 Å². The van der Waals surface area contributed by atoms with Crippen LogP contribution >= 0.6 is 11.3 Å². The number of aryl methyl sites for hydroxylation is 2. The lowest BCUT2D eigenvalue weighted by Crippen LogP contribution is -2.18. The molecule has 1 aliphatic carbocycles. The average Bonchev–Trinajstić information content (AvgIpc) is 2.77. The van der Waals surface area contributed by atoms with Crippen LogP contribution in [0.25, 0.3) is 0 Å². The first-order chi connectivity index (χ1) is 9.15. The fourth-order valence-corrected chi connectivity index (χ4v) is 3.10. The molecule has 0 saturated carbocycles. The largest absolute Gasteiger partial charge is 0.427 e. The van der Waals surface area contributed by atoms with Crippen LogP contribution in [0.1, 0.15) is 45.1 Å². The summed E-state index contributed by atoms with van der Waals surface area (Å²) in [5.41, 5.74) is 3.48. The van der Waals surface area contributed by atoms with Gasteiger partial charge in [-0.25, -0.2) is 9.78 Å². The molecule has 2 aromatic rings. The second kappa shape index (κ2) is 4.74. The molecule has 2 aromatic heterocycles. The first kappa shape index (κ1) is 12.3. The third-order valence-corrected chi connectivity index (χ3v) is 4.34. The molecular formula is C14H13NO3S. The lowest BCUT2D eigenvalue weighted by atomic mass is 9.94. The minimum absolute atomic E-state index is 0.0762. The molecular weight excluding hydrogens is 262 g/mol. The minimum atomic E-state index is -0.332. The summed E-state index contributed by atoms with van der Waals surface area (Å²) in [7, 11) is 0. The van der Waals surface area contributed by atoms with E-state index in [0.29, 0.717) is 36.1 Å². The van der Waals surface area contributed by atoms with E-state index in [1.54, 1.807) is 11.6 Å². The predicted molar refractivity (Wildman–Crippen MR) is 71.9 cm³/mol. The lowest BCUT2D eigenvalue weighted by molar-refractivity contribution is 0.0965. The number of hydrogen-bond acceptors (Lipinski definition) is 5. The number of carbonyl (C=O) groups is 1. The highest BCUT2D eigenvalue weighted by Crippen LogP contribution is 2.22. The van der Waals surface area contributed by atoms with E-state index in [1.165, 1.54) is 11.3 Å². The van der Waals surface area contributed by atoms with Gasteiger partial charge in [0.05, 0.1) is 16.8 Å². The van der Waals surface area contributed by atoms with Gasteiger partial charge < -0.3 is 4.42 Å². The SMILES string of the molecule is Cc1ncsc1Cc1cc2c(oc1=O)CCCC2=O. The first-order valence-corrected chi connectivity index (χ1v) is 7.11. The van der Waals surface area contributed by atoms with Gasteiger partial charge in [-0.1, -0.05) is 0 Å². The van der Waals surface area contributed by atoms with E-state index in [0.717, 1.165) is 17.0 Å². The fourth-order valence-electron chi connectivity index (χ4n) is 2.30. The Bertz CT molecular complexity index is 699. The Labute approximate surface area is 114 Å². The zero-order valence-electron chi connectivity index (χ0n) is 10.6. The second-order valence-electron chi connectivity index (χ2n) is 4.71. The molecule has 0 spiro atoms. The van der Waals surface area contributed by atoms with E-state index in [9.17, 15) is 9.59 Å². The second-order valence-corrected chi connectivity index (χ2v) is 5.65. The molecule has 0 amide bonds. The highest BCUT2D eigenvalue weighted by atomic mass is 32.1. The zero-order valence-corrected chi connectivity index (χ0v) is 11.4. The average molecular weight is 275 g/mol. The molecule has 0 fully saturated rings. The van der Waals surface area contributed by atoms with E-state index in [4.69, 9.17) is 4.42 Å². The fraction of sp³-hybridized carbons (Fsp3) is 0.357. The van der Waals surface area contributed by atoms with Crippen LogP contribution in [0.4, 0.5) is 0 Å². The Morgan fingerprint density at radius 3 is 2.95 bits per heavy atom. The van der Waals surface area contributed by atoms with Gasteiger partial charge in [-0.3, -0.25) is 4.79 Å². The Balaban J connectivity index is 2.03. The van der Waals surface area contributed by atoms with Crippen molar-refractivity contribution in [1.29, 1.82) is 0 Å². The summed E-state index contributed by atoms with van der Waals surface area (Å²) in [5.74, 6) is 0.623. The zero-order chi connectivity index (χ0) is 13.4. The minimum Gasteiger partial charge on any atom is -0.427 e. The van der Waals surface area contributed by atoms with E-state index in [1.807, 2.05) is 6.92 Å². The van der Waals surface area contributed by atoms with Gasteiger partial charge in [-0.2, -0.15) is 0 Å². The lowest BCUT2D eigenvalue weighted by Gasteiger charge is -2.13. The summed E-state index contributed by atoms with van der Waals surface area (Å²) in [4.78, 5) is 29.0. The van der Waals surface area contributed by atoms with Crippen molar-refractivity contribution in [3.8, 4) is 0 Å². The van der Waals surface area contributed by atoms with Crippen molar-refractivity contribution in [3.05, 3.63) is 49.5 Å². The van der Waals surface area contributed by atoms with Crippen LogP contribution < -0.4 is 5.63 Å². The highest BCUT2D eigenvalue weighted by molar-refractivity contribution is 7.09. The standard InChI is InChI=1S/C14H13NO3S/c1-8-13(19-7-15-8)6-9-5-10-11(16)3-2-4-12(10)18-14(9)17/h5,7H,2-4,6H2,1H3. The van der Waals surface area contributed by atoms with Crippen molar-refractivity contribution in [2.24, 2.45) is 0 Å². The number of Topliss-reactive ketones (excluding diaryl/α,β-unsaturated/α-hetero) is 1. The Morgan fingerprint density at radius 1 is 1.37 bits per heavy atom. The van der Waals surface area contributed by atoms with Gasteiger partial charge in [0, 0.05) is 29.7 Å². The van der Waals surface area contributed by atoms with Gasteiger partial charge in [-0.15, -0.1) is 11.3 Å². The Morgan fingerprint density at radius 2 is 2.21 bits per heavy atom. The molecule has 0 aliphatic heterocycles. The van der Waals surface area contributed by atoms with Crippen molar-refractivity contribution >= 4 is 17.1 Å². The summed E-state index contributed by atoms with van der Waals surface area (Å²) >= 11 is 1.51. The monoisotopic (exact) mass is 275 g/mol. The van der Waals surface area contributed by atoms with Crippen LogP contribution in [0.15, 0.2) is 20.8 Å². The number of rotatable bonds is 2. The summed E-state index contributed by atoms with van der Waals surface area (Å²) in [6.07, 6.45) is 2.47. The number of aromatic nitrogens is 1. The van der Waals surface area contributed by atoms with Crippen molar-refractivity contribution in [2.75, 3.05) is 0 Å². The van der Waals surface area contributed by atoms with Crippen LogP contribution in [-0.2, 0) is 12.8 Å². The van der Waals surface area contributed by atoms with Gasteiger partial charge in [0.25, 0.3) is 0 Å². The molecule has 1 aliphatic rings. The maximum Gasteiger partial charge on any atom is 0.339 e. The van der Waals surface area contributed by atoms with Gasteiger partial charge in [-0.05, 0) is 19.4 Å². The van der Waals surface area contributed by atoms with Gasteiger partial charge in [0.1, 0.15) is 5.76 Å².